The summed E-state index contributed by atoms with van der Waals surface area (Å²) in [7, 11) is 1.09. The number of Topliss-reactive ketones (excluding diaryl/α,β-unsaturated/α-hetero) is 1. The first-order chi connectivity index (χ1) is 7.73. The number of nitrogens with two attached hydrogens (primary N) is 1. The number of alkyl halides is 3. The van der Waals surface area contributed by atoms with Gasteiger partial charge in [-0.1, -0.05) is 0 Å². The Morgan fingerprint density at radius 3 is 2.47 bits per heavy atom. The van der Waals surface area contributed by atoms with Crippen LogP contribution in [0.3, 0.4) is 0 Å². The molecule has 2 N–H and O–H groups in total. The molecule has 0 aliphatic rings. The van der Waals surface area contributed by atoms with E-state index in [9.17, 15) is 22.8 Å². The number of amides is 1. The lowest BCUT2D eigenvalue weighted by Gasteiger charge is -2.08. The van der Waals surface area contributed by atoms with Gasteiger partial charge >= 0.3 is 6.18 Å². The van der Waals surface area contributed by atoms with E-state index in [-0.39, 0.29) is 12.8 Å². The third-order valence-electron chi connectivity index (χ3n) is 2.11. The Kier molecular flexibility index (Phi) is 3.54. The molecule has 1 heterocycles. The SMILES string of the molecule is Cn1ncc(C(=O)CCC(N)=O)c1C(F)(F)F. The minimum absolute atomic E-state index is 0.287. The number of nitrogens with zero attached hydrogens (tertiary/aromatic N) is 2. The normalized spacial score (nSPS) is 11.5. The molecule has 1 rings (SSSR count). The molecule has 1 aromatic heterocycles. The number of primary amides is 1. The van der Waals surface area contributed by atoms with Crippen LogP contribution in [-0.2, 0) is 18.0 Å². The number of hydrogen-bond acceptors (Lipinski definition) is 3. The van der Waals surface area contributed by atoms with Gasteiger partial charge in [0.15, 0.2) is 11.5 Å². The molecule has 0 atom stereocenters. The Labute approximate surface area is 94.4 Å². The quantitative estimate of drug-likeness (QED) is 0.805. The lowest BCUT2D eigenvalue weighted by atomic mass is 10.1. The number of rotatable bonds is 4. The summed E-state index contributed by atoms with van der Waals surface area (Å²) in [6, 6.07) is 0. The highest BCUT2D eigenvalue weighted by Crippen LogP contribution is 2.32. The average molecular weight is 249 g/mol. The van der Waals surface area contributed by atoms with Gasteiger partial charge in [-0.15, -0.1) is 0 Å². The number of aromatic nitrogens is 2. The highest BCUT2D eigenvalue weighted by Gasteiger charge is 2.38. The van der Waals surface area contributed by atoms with E-state index in [0.717, 1.165) is 13.2 Å². The summed E-state index contributed by atoms with van der Waals surface area (Å²) in [4.78, 5) is 21.9. The minimum atomic E-state index is -4.66. The highest BCUT2D eigenvalue weighted by atomic mass is 19.4. The number of carbonyl (C=O) groups is 2. The zero-order valence-electron chi connectivity index (χ0n) is 8.91. The first-order valence-corrected chi connectivity index (χ1v) is 4.64. The highest BCUT2D eigenvalue weighted by molar-refractivity contribution is 5.98. The number of ketones is 1. The van der Waals surface area contributed by atoms with Crippen molar-refractivity contribution < 1.29 is 22.8 Å². The van der Waals surface area contributed by atoms with Crippen molar-refractivity contribution in [2.45, 2.75) is 19.0 Å². The first-order valence-electron chi connectivity index (χ1n) is 4.64. The topological polar surface area (TPSA) is 78.0 Å². The summed E-state index contributed by atoms with van der Waals surface area (Å²) in [5.74, 6) is -1.54. The molecule has 1 aromatic rings. The van der Waals surface area contributed by atoms with Crippen molar-refractivity contribution in [1.29, 1.82) is 0 Å². The smallest absolute Gasteiger partial charge is 0.370 e. The molecule has 0 saturated carbocycles. The zero-order valence-corrected chi connectivity index (χ0v) is 8.91. The summed E-state index contributed by atoms with van der Waals surface area (Å²) < 4.78 is 38.4. The van der Waals surface area contributed by atoms with Crippen LogP contribution in [0.2, 0.25) is 0 Å². The Morgan fingerprint density at radius 1 is 1.41 bits per heavy atom. The van der Waals surface area contributed by atoms with E-state index in [0.29, 0.717) is 4.68 Å². The molecule has 5 nitrogen and oxygen atoms in total. The fourth-order valence-electron chi connectivity index (χ4n) is 1.35. The van der Waals surface area contributed by atoms with Crippen LogP contribution < -0.4 is 5.73 Å². The van der Waals surface area contributed by atoms with Crippen LogP contribution in [-0.4, -0.2) is 21.5 Å². The maximum absolute atomic E-state index is 12.6. The van der Waals surface area contributed by atoms with Crippen LogP contribution in [0, 0.1) is 0 Å². The van der Waals surface area contributed by atoms with E-state index in [1.54, 1.807) is 0 Å². The van der Waals surface area contributed by atoms with E-state index in [1.165, 1.54) is 0 Å². The van der Waals surface area contributed by atoms with Crippen LogP contribution in [0.5, 0.6) is 0 Å². The van der Waals surface area contributed by atoms with Crippen LogP contribution in [0.4, 0.5) is 13.2 Å². The van der Waals surface area contributed by atoms with Crippen molar-refractivity contribution in [3.05, 3.63) is 17.5 Å². The van der Waals surface area contributed by atoms with Gasteiger partial charge in [0.05, 0.1) is 11.8 Å². The molecule has 0 aromatic carbocycles. The molecular formula is C9H10F3N3O2. The van der Waals surface area contributed by atoms with Gasteiger partial charge in [-0.2, -0.15) is 18.3 Å². The fourth-order valence-corrected chi connectivity index (χ4v) is 1.35. The van der Waals surface area contributed by atoms with E-state index in [4.69, 9.17) is 5.73 Å². The molecule has 8 heteroatoms. The Bertz CT molecular complexity index is 451. The molecule has 1 amide bonds. The molecule has 0 fully saturated rings. The van der Waals surface area contributed by atoms with Crippen molar-refractivity contribution in [2.24, 2.45) is 12.8 Å². The fraction of sp³-hybridized carbons (Fsp3) is 0.444. The molecule has 17 heavy (non-hydrogen) atoms. The molecule has 0 unspecified atom stereocenters. The molecule has 0 radical (unpaired) electrons. The van der Waals surface area contributed by atoms with Gasteiger partial charge in [0, 0.05) is 19.9 Å². The van der Waals surface area contributed by atoms with Gasteiger partial charge < -0.3 is 5.73 Å². The number of aryl methyl sites for hydroxylation is 1. The summed E-state index contributed by atoms with van der Waals surface area (Å²) in [6.07, 6.45) is -4.47. The summed E-state index contributed by atoms with van der Waals surface area (Å²) in [6.45, 7) is 0. The van der Waals surface area contributed by atoms with E-state index in [1.807, 2.05) is 0 Å². The molecule has 0 saturated heterocycles. The predicted octanol–water partition coefficient (Wildman–Crippen LogP) is 0.887. The molecule has 0 spiro atoms. The lowest BCUT2D eigenvalue weighted by molar-refractivity contribution is -0.144. The van der Waals surface area contributed by atoms with Gasteiger partial charge in [-0.3, -0.25) is 14.3 Å². The van der Waals surface area contributed by atoms with Crippen molar-refractivity contribution in [3.8, 4) is 0 Å². The summed E-state index contributed by atoms with van der Waals surface area (Å²) in [5.41, 5.74) is 3.15. The number of hydrogen-bond donors (Lipinski definition) is 1. The maximum Gasteiger partial charge on any atom is 0.433 e. The molecule has 94 valence electrons. The van der Waals surface area contributed by atoms with Crippen molar-refractivity contribution >= 4 is 11.7 Å². The van der Waals surface area contributed by atoms with Crippen LogP contribution in [0.25, 0.3) is 0 Å². The second kappa shape index (κ2) is 4.56. The largest absolute Gasteiger partial charge is 0.433 e. The second-order valence-electron chi connectivity index (χ2n) is 3.42. The average Bonchev–Trinajstić information content (AvgIpc) is 2.55. The molecular weight excluding hydrogens is 239 g/mol. The Hall–Kier alpha value is -1.86. The van der Waals surface area contributed by atoms with Crippen LogP contribution in [0.15, 0.2) is 6.20 Å². The van der Waals surface area contributed by atoms with E-state index < -0.39 is 29.1 Å². The van der Waals surface area contributed by atoms with Crippen molar-refractivity contribution in [2.75, 3.05) is 0 Å². The number of halogens is 3. The van der Waals surface area contributed by atoms with E-state index >= 15 is 0 Å². The zero-order chi connectivity index (χ0) is 13.2. The summed E-state index contributed by atoms with van der Waals surface area (Å²) >= 11 is 0. The third kappa shape index (κ3) is 3.05. The predicted molar refractivity (Wildman–Crippen MR) is 51.0 cm³/mol. The van der Waals surface area contributed by atoms with Crippen LogP contribution >= 0.6 is 0 Å². The first kappa shape index (κ1) is 13.2. The third-order valence-corrected chi connectivity index (χ3v) is 2.11. The molecule has 0 bridgehead atoms. The van der Waals surface area contributed by atoms with Gasteiger partial charge in [0.2, 0.25) is 5.91 Å². The van der Waals surface area contributed by atoms with Gasteiger partial charge in [0.25, 0.3) is 0 Å². The lowest BCUT2D eigenvalue weighted by Crippen LogP contribution is -2.18. The van der Waals surface area contributed by atoms with Gasteiger partial charge in [-0.05, 0) is 0 Å². The monoisotopic (exact) mass is 249 g/mol. The van der Waals surface area contributed by atoms with Crippen LogP contribution in [0.1, 0.15) is 28.9 Å². The van der Waals surface area contributed by atoms with Crippen molar-refractivity contribution in [3.63, 3.8) is 0 Å². The van der Waals surface area contributed by atoms with Gasteiger partial charge in [-0.25, -0.2) is 0 Å². The Balaban J connectivity index is 2.99. The molecule has 0 aliphatic carbocycles. The maximum atomic E-state index is 12.6. The second-order valence-corrected chi connectivity index (χ2v) is 3.42. The summed E-state index contributed by atoms with van der Waals surface area (Å²) in [5, 5.41) is 3.39. The Morgan fingerprint density at radius 2 is 2.00 bits per heavy atom. The minimum Gasteiger partial charge on any atom is -0.370 e. The van der Waals surface area contributed by atoms with E-state index in [2.05, 4.69) is 5.10 Å². The standard InChI is InChI=1S/C9H10F3N3O2/c1-15-8(9(10,11)12)5(4-14-15)6(16)2-3-7(13)17/h4H,2-3H2,1H3,(H2,13,17). The molecule has 0 aliphatic heterocycles. The number of carbonyl (C=O) groups excluding carboxylic acids is 2. The van der Waals surface area contributed by atoms with Gasteiger partial charge in [0.1, 0.15) is 0 Å². The van der Waals surface area contributed by atoms with Crippen molar-refractivity contribution in [1.82, 2.24) is 9.78 Å².